The van der Waals surface area contributed by atoms with Crippen molar-refractivity contribution in [3.05, 3.63) is 167 Å². The number of fused-ring (bicyclic) bond motifs is 8. The van der Waals surface area contributed by atoms with Crippen LogP contribution in [0.25, 0.3) is 55.5 Å². The fraction of sp³-hybridized carbons (Fsp3) is 0.269. The van der Waals surface area contributed by atoms with Crippen molar-refractivity contribution >= 4 is 10.8 Å². The van der Waals surface area contributed by atoms with E-state index in [1.165, 1.54) is 66.4 Å². The molecule has 0 N–H and O–H groups in total. The van der Waals surface area contributed by atoms with Crippen LogP contribution in [0.2, 0.25) is 0 Å². The van der Waals surface area contributed by atoms with E-state index in [1.54, 1.807) is 0 Å². The van der Waals surface area contributed by atoms with Crippen LogP contribution in [0.3, 0.4) is 0 Å². The van der Waals surface area contributed by atoms with Crippen LogP contribution in [-0.4, -0.2) is 9.97 Å². The van der Waals surface area contributed by atoms with Gasteiger partial charge in [-0.05, 0) is 83.4 Å². The molecule has 2 heterocycles. The monoisotopic (exact) mass is 895 g/mol. The molecule has 5 aromatic carbocycles. The third kappa shape index (κ3) is 6.60. The predicted molar refractivity (Wildman–Crippen MR) is 227 cm³/mol. The molecule has 9 rings (SSSR count). The molecule has 7 aromatic rings. The molecule has 0 unspecified atom stereocenters. The van der Waals surface area contributed by atoms with Gasteiger partial charge in [-0.2, -0.15) is 0 Å². The summed E-state index contributed by atoms with van der Waals surface area (Å²) in [6.07, 6.45) is 3.95. The van der Waals surface area contributed by atoms with E-state index in [0.29, 0.717) is 0 Å². The molecule has 0 amide bonds. The van der Waals surface area contributed by atoms with Gasteiger partial charge in [0.15, 0.2) is 0 Å². The average molecular weight is 895 g/mol. The fourth-order valence-electron chi connectivity index (χ4n) is 8.55. The molecule has 0 bridgehead atoms. The summed E-state index contributed by atoms with van der Waals surface area (Å²) in [6.45, 7) is 22.6. The minimum atomic E-state index is -0.137. The van der Waals surface area contributed by atoms with E-state index in [0.717, 1.165) is 22.5 Å². The van der Waals surface area contributed by atoms with E-state index in [1.807, 2.05) is 12.4 Å². The van der Waals surface area contributed by atoms with Crippen LogP contribution in [0.1, 0.15) is 103 Å². The summed E-state index contributed by atoms with van der Waals surface area (Å²) in [5.74, 6) is 0. The zero-order chi connectivity index (χ0) is 38.2. The van der Waals surface area contributed by atoms with Gasteiger partial charge < -0.3 is 9.97 Å². The summed E-state index contributed by atoms with van der Waals surface area (Å²) in [7, 11) is 0. The number of rotatable bonds is 2. The SMILES string of the molecule is CC(C)(C)c1c[c-]c(-c2ccc(C(C)(C)C)cn2)cc1.CC1(C)c2c[c-]c(-c3nccc4c3C(C)(C)c3ccc5ccccc5c3-4)cc2-c2ccccc21.[Ir]. The van der Waals surface area contributed by atoms with Crippen LogP contribution < -0.4 is 0 Å². The molecule has 2 aromatic heterocycles. The number of aromatic nitrogens is 2. The molecule has 0 atom stereocenters. The van der Waals surface area contributed by atoms with Crippen molar-refractivity contribution in [1.29, 1.82) is 0 Å². The second-order valence-corrected chi connectivity index (χ2v) is 18.2. The molecule has 0 saturated carbocycles. The quantitative estimate of drug-likeness (QED) is 0.162. The average Bonchev–Trinajstić information content (AvgIpc) is 3.54. The molecular weight excluding hydrogens is 845 g/mol. The maximum atomic E-state index is 4.97. The van der Waals surface area contributed by atoms with Gasteiger partial charge in [-0.3, -0.25) is 0 Å². The van der Waals surface area contributed by atoms with E-state index >= 15 is 0 Å². The Labute approximate surface area is 341 Å². The molecule has 0 aliphatic heterocycles. The van der Waals surface area contributed by atoms with Crippen LogP contribution in [-0.2, 0) is 41.8 Å². The fourth-order valence-corrected chi connectivity index (χ4v) is 8.55. The van der Waals surface area contributed by atoms with Crippen molar-refractivity contribution in [3.63, 3.8) is 0 Å². The standard InChI is InChI=1S/C33H26N.C19H24N.Ir/c1-32(2)26-12-8-7-11-23(26)25-19-21(14-15-27(25)32)31-30-24(17-18-34-31)29-22-10-6-5-9-20(22)13-16-28(29)33(30,3)4;1-18(2,3)15-9-7-14(8-10-15)17-12-11-16(13-20-17)19(4,5)6;/h5-13,15-19H,1-4H3;7,9-13H,1-6H3;/q2*-1;. The van der Waals surface area contributed by atoms with Crippen LogP contribution >= 0.6 is 0 Å². The number of hydrogen-bond acceptors (Lipinski definition) is 2. The van der Waals surface area contributed by atoms with Crippen molar-refractivity contribution < 1.29 is 20.1 Å². The summed E-state index contributed by atoms with van der Waals surface area (Å²) >= 11 is 0. The largest absolute Gasteiger partial charge is 0.304 e. The Morgan fingerprint density at radius 3 is 1.93 bits per heavy atom. The second kappa shape index (κ2) is 13.8. The van der Waals surface area contributed by atoms with E-state index < -0.39 is 0 Å². The molecule has 279 valence electrons. The Balaban J connectivity index is 0.000000191. The predicted octanol–water partition coefficient (Wildman–Crippen LogP) is 13.5. The molecule has 0 fully saturated rings. The smallest absolute Gasteiger partial charge is 0.0198 e. The van der Waals surface area contributed by atoms with Crippen molar-refractivity contribution in [2.45, 2.75) is 90.9 Å². The van der Waals surface area contributed by atoms with Crippen LogP contribution in [0.4, 0.5) is 0 Å². The molecule has 1 radical (unpaired) electrons. The van der Waals surface area contributed by atoms with Crippen molar-refractivity contribution in [2.24, 2.45) is 0 Å². The van der Waals surface area contributed by atoms with E-state index in [2.05, 4.69) is 196 Å². The normalized spacial score (nSPS) is 14.5. The van der Waals surface area contributed by atoms with Gasteiger partial charge in [-0.25, -0.2) is 0 Å². The van der Waals surface area contributed by atoms with Gasteiger partial charge in [-0.1, -0.05) is 148 Å². The first-order valence-corrected chi connectivity index (χ1v) is 19.2. The van der Waals surface area contributed by atoms with Crippen molar-refractivity contribution in [2.75, 3.05) is 0 Å². The van der Waals surface area contributed by atoms with E-state index in [4.69, 9.17) is 4.98 Å². The van der Waals surface area contributed by atoms with E-state index in [-0.39, 0.29) is 41.8 Å². The van der Waals surface area contributed by atoms with Gasteiger partial charge in [-0.15, -0.1) is 64.7 Å². The molecule has 2 aliphatic carbocycles. The number of benzene rings is 5. The summed E-state index contributed by atoms with van der Waals surface area (Å²) in [6, 6.07) is 46.4. The molecule has 55 heavy (non-hydrogen) atoms. The maximum absolute atomic E-state index is 4.97. The van der Waals surface area contributed by atoms with Gasteiger partial charge in [0, 0.05) is 37.9 Å². The number of hydrogen-bond donors (Lipinski definition) is 0. The first-order chi connectivity index (χ1) is 25.6. The van der Waals surface area contributed by atoms with Gasteiger partial charge in [0.05, 0.1) is 0 Å². The first kappa shape index (κ1) is 38.6. The Bertz CT molecular complexity index is 2490. The van der Waals surface area contributed by atoms with Crippen LogP contribution in [0.15, 0.2) is 122 Å². The summed E-state index contributed by atoms with van der Waals surface area (Å²) in [5.41, 5.74) is 17.6. The Morgan fingerprint density at radius 2 is 1.24 bits per heavy atom. The Morgan fingerprint density at radius 1 is 0.545 bits per heavy atom. The second-order valence-electron chi connectivity index (χ2n) is 18.2. The third-order valence-corrected chi connectivity index (χ3v) is 11.8. The Hall–Kier alpha value is -4.69. The van der Waals surface area contributed by atoms with Crippen molar-refractivity contribution in [1.82, 2.24) is 9.97 Å². The molecule has 0 spiro atoms. The number of pyridine rings is 2. The summed E-state index contributed by atoms with van der Waals surface area (Å²) in [5, 5.41) is 2.60. The molecular formula is C52H50IrN2-2. The minimum absolute atomic E-state index is 0. The summed E-state index contributed by atoms with van der Waals surface area (Å²) in [4.78, 5) is 9.54. The van der Waals surface area contributed by atoms with Gasteiger partial charge >= 0.3 is 0 Å². The molecule has 0 saturated heterocycles. The Kier molecular flexibility index (Phi) is 9.68. The molecule has 3 heteroatoms. The van der Waals surface area contributed by atoms with Crippen LogP contribution in [0.5, 0.6) is 0 Å². The molecule has 2 aliphatic rings. The van der Waals surface area contributed by atoms with E-state index in [9.17, 15) is 0 Å². The van der Waals surface area contributed by atoms with Crippen LogP contribution in [0, 0.1) is 12.1 Å². The third-order valence-electron chi connectivity index (χ3n) is 11.8. The van der Waals surface area contributed by atoms with Crippen molar-refractivity contribution in [3.8, 4) is 44.8 Å². The minimum Gasteiger partial charge on any atom is -0.304 e. The van der Waals surface area contributed by atoms with Gasteiger partial charge in [0.1, 0.15) is 0 Å². The maximum Gasteiger partial charge on any atom is 0.0198 e. The van der Waals surface area contributed by atoms with Gasteiger partial charge in [0.25, 0.3) is 0 Å². The summed E-state index contributed by atoms with van der Waals surface area (Å²) < 4.78 is 0. The first-order valence-electron chi connectivity index (χ1n) is 19.2. The molecule has 2 nitrogen and oxygen atoms in total. The zero-order valence-corrected chi connectivity index (χ0v) is 36.2. The number of nitrogens with zero attached hydrogens (tertiary/aromatic N) is 2. The zero-order valence-electron chi connectivity index (χ0n) is 33.8. The topological polar surface area (TPSA) is 25.8 Å². The van der Waals surface area contributed by atoms with Gasteiger partial charge in [0.2, 0.25) is 0 Å².